The molecule has 0 fully saturated rings. The third-order valence-corrected chi connectivity index (χ3v) is 3.56. The van der Waals surface area contributed by atoms with E-state index in [1.165, 1.54) is 13.4 Å². The number of carbonyl (C=O) groups is 2. The number of hydrogen-bond acceptors (Lipinski definition) is 5. The largest absolute Gasteiger partial charge is 0.465 e. The van der Waals surface area contributed by atoms with Gasteiger partial charge in [-0.05, 0) is 12.5 Å². The fourth-order valence-electron chi connectivity index (χ4n) is 2.24. The first-order valence-corrected chi connectivity index (χ1v) is 7.51. The van der Waals surface area contributed by atoms with Crippen molar-refractivity contribution in [1.82, 2.24) is 14.5 Å². The van der Waals surface area contributed by atoms with Gasteiger partial charge in [0.25, 0.3) is 5.56 Å². The van der Waals surface area contributed by atoms with Gasteiger partial charge in [0.05, 0.1) is 13.4 Å². The smallest absolute Gasteiger partial charge is 0.345 e. The van der Waals surface area contributed by atoms with Gasteiger partial charge in [-0.1, -0.05) is 30.3 Å². The van der Waals surface area contributed by atoms with Gasteiger partial charge in [0, 0.05) is 19.3 Å². The minimum absolute atomic E-state index is 0.183. The van der Waals surface area contributed by atoms with E-state index in [-0.39, 0.29) is 18.0 Å². The summed E-state index contributed by atoms with van der Waals surface area (Å²) in [5.41, 5.74) is 0.210. The number of hydrogen-bond donors (Lipinski definition) is 0. The van der Waals surface area contributed by atoms with E-state index < -0.39 is 11.5 Å². The molecule has 0 atom stereocenters. The highest BCUT2D eigenvalue weighted by Crippen LogP contribution is 2.05. The van der Waals surface area contributed by atoms with Gasteiger partial charge in [-0.2, -0.15) is 0 Å². The van der Waals surface area contributed by atoms with Crippen molar-refractivity contribution in [3.63, 3.8) is 0 Å². The molecule has 0 aliphatic rings. The fourth-order valence-corrected chi connectivity index (χ4v) is 2.24. The number of carbonyl (C=O) groups excluding carboxylic acids is 2. The summed E-state index contributed by atoms with van der Waals surface area (Å²) in [6.45, 7) is 2.64. The molecular weight excluding hydrogens is 310 g/mol. The van der Waals surface area contributed by atoms with Gasteiger partial charge in [0.2, 0.25) is 5.91 Å². The van der Waals surface area contributed by atoms with Crippen LogP contribution in [0, 0.1) is 0 Å². The average Bonchev–Trinajstić information content (AvgIpc) is 2.61. The van der Waals surface area contributed by atoms with Gasteiger partial charge >= 0.3 is 5.97 Å². The second kappa shape index (κ2) is 8.05. The van der Waals surface area contributed by atoms with Crippen LogP contribution >= 0.6 is 0 Å². The maximum atomic E-state index is 12.5. The van der Waals surface area contributed by atoms with E-state index in [0.717, 1.165) is 16.3 Å². The maximum Gasteiger partial charge on any atom is 0.345 e. The lowest BCUT2D eigenvalue weighted by Crippen LogP contribution is -2.37. The van der Waals surface area contributed by atoms with Crippen molar-refractivity contribution in [3.05, 3.63) is 64.3 Å². The Labute approximate surface area is 139 Å². The van der Waals surface area contributed by atoms with E-state index in [0.29, 0.717) is 13.1 Å². The first-order valence-electron chi connectivity index (χ1n) is 7.51. The van der Waals surface area contributed by atoms with Crippen LogP contribution in [0.2, 0.25) is 0 Å². The first-order chi connectivity index (χ1) is 11.6. The van der Waals surface area contributed by atoms with Gasteiger partial charge < -0.3 is 9.64 Å². The first kappa shape index (κ1) is 17.4. The predicted molar refractivity (Wildman–Crippen MR) is 87.4 cm³/mol. The Morgan fingerprint density at radius 2 is 1.96 bits per heavy atom. The van der Waals surface area contributed by atoms with Crippen LogP contribution in [0.25, 0.3) is 0 Å². The third-order valence-electron chi connectivity index (χ3n) is 3.56. The van der Waals surface area contributed by atoms with Crippen LogP contribution in [-0.4, -0.2) is 40.0 Å². The van der Waals surface area contributed by atoms with Gasteiger partial charge in [0.15, 0.2) is 0 Å². The number of nitrogens with zero attached hydrogens (tertiary/aromatic N) is 3. The topological polar surface area (TPSA) is 81.5 Å². The highest BCUT2D eigenvalue weighted by Gasteiger charge is 2.17. The second-order valence-corrected chi connectivity index (χ2v) is 5.13. The van der Waals surface area contributed by atoms with E-state index in [2.05, 4.69) is 9.72 Å². The Morgan fingerprint density at radius 1 is 1.25 bits per heavy atom. The molecule has 0 aliphatic heterocycles. The van der Waals surface area contributed by atoms with E-state index in [1.807, 2.05) is 37.3 Å². The summed E-state index contributed by atoms with van der Waals surface area (Å²) in [4.78, 5) is 41.7. The molecular formula is C17H19N3O4. The average molecular weight is 329 g/mol. The molecule has 2 aromatic rings. The van der Waals surface area contributed by atoms with Crippen molar-refractivity contribution < 1.29 is 14.3 Å². The van der Waals surface area contributed by atoms with Crippen molar-refractivity contribution in [2.45, 2.75) is 20.0 Å². The molecule has 1 aromatic heterocycles. The second-order valence-electron chi connectivity index (χ2n) is 5.13. The van der Waals surface area contributed by atoms with Crippen LogP contribution in [0.3, 0.4) is 0 Å². The zero-order valence-electron chi connectivity index (χ0n) is 13.6. The molecule has 1 heterocycles. The molecule has 1 aromatic carbocycles. The molecule has 0 bridgehead atoms. The summed E-state index contributed by atoms with van der Waals surface area (Å²) < 4.78 is 5.65. The number of methoxy groups -OCH3 is 1. The summed E-state index contributed by atoms with van der Waals surface area (Å²) in [5, 5.41) is 0. The van der Waals surface area contributed by atoms with Crippen molar-refractivity contribution in [2.75, 3.05) is 13.7 Å². The lowest BCUT2D eigenvalue weighted by Gasteiger charge is -2.21. The Morgan fingerprint density at radius 3 is 2.58 bits per heavy atom. The number of benzene rings is 1. The van der Waals surface area contributed by atoms with E-state index in [9.17, 15) is 14.4 Å². The van der Waals surface area contributed by atoms with Crippen molar-refractivity contribution in [1.29, 1.82) is 0 Å². The van der Waals surface area contributed by atoms with E-state index >= 15 is 0 Å². The Kier molecular flexibility index (Phi) is 5.83. The zero-order chi connectivity index (χ0) is 17.5. The molecule has 126 valence electrons. The number of likely N-dealkylation sites (N-methyl/N-ethyl adjacent to an activating group) is 1. The molecule has 7 nitrogen and oxygen atoms in total. The Balaban J connectivity index is 2.16. The molecule has 0 saturated carbocycles. The summed E-state index contributed by atoms with van der Waals surface area (Å²) in [6.07, 6.45) is 2.37. The lowest BCUT2D eigenvalue weighted by molar-refractivity contribution is -0.132. The number of ether oxygens (including phenoxy) is 1. The van der Waals surface area contributed by atoms with Crippen molar-refractivity contribution in [3.8, 4) is 0 Å². The van der Waals surface area contributed by atoms with Gasteiger partial charge in [0.1, 0.15) is 12.1 Å². The third kappa shape index (κ3) is 4.07. The SMILES string of the molecule is CCN(Cc1ccccc1)C(=O)Cn1cncc(C(=O)OC)c1=O. The monoisotopic (exact) mass is 329 g/mol. The molecule has 0 aliphatic carbocycles. The minimum Gasteiger partial charge on any atom is -0.465 e. The quantitative estimate of drug-likeness (QED) is 0.741. The fraction of sp³-hybridized carbons (Fsp3) is 0.294. The molecule has 0 saturated heterocycles. The standard InChI is InChI=1S/C17H19N3O4/c1-3-19(10-13-7-5-4-6-8-13)15(21)11-20-12-18-9-14(16(20)22)17(23)24-2/h4-9,12H,3,10-11H2,1-2H3. The number of rotatable bonds is 6. The summed E-state index contributed by atoms with van der Waals surface area (Å²) in [7, 11) is 1.18. The van der Waals surface area contributed by atoms with E-state index in [1.54, 1.807) is 4.90 Å². The van der Waals surface area contributed by atoms with Crippen LogP contribution < -0.4 is 5.56 Å². The Bertz CT molecular complexity index is 771. The normalized spacial score (nSPS) is 10.2. The maximum absolute atomic E-state index is 12.5. The molecule has 7 heteroatoms. The highest BCUT2D eigenvalue weighted by atomic mass is 16.5. The molecule has 0 spiro atoms. The van der Waals surface area contributed by atoms with Crippen LogP contribution in [0.5, 0.6) is 0 Å². The molecule has 1 amide bonds. The predicted octanol–water partition coefficient (Wildman–Crippen LogP) is 1.08. The van der Waals surface area contributed by atoms with Gasteiger partial charge in [-0.15, -0.1) is 0 Å². The van der Waals surface area contributed by atoms with Crippen molar-refractivity contribution in [2.24, 2.45) is 0 Å². The van der Waals surface area contributed by atoms with Crippen LogP contribution in [0.1, 0.15) is 22.8 Å². The zero-order valence-corrected chi connectivity index (χ0v) is 13.6. The van der Waals surface area contributed by atoms with Crippen LogP contribution in [-0.2, 0) is 22.6 Å². The molecule has 0 radical (unpaired) electrons. The number of esters is 1. The number of amides is 1. The van der Waals surface area contributed by atoms with Crippen LogP contribution in [0.15, 0.2) is 47.7 Å². The summed E-state index contributed by atoms with van der Waals surface area (Å²) in [5.74, 6) is -1.00. The van der Waals surface area contributed by atoms with Crippen LogP contribution in [0.4, 0.5) is 0 Å². The molecule has 24 heavy (non-hydrogen) atoms. The molecule has 0 N–H and O–H groups in total. The Hall–Kier alpha value is -2.96. The molecule has 2 rings (SSSR count). The summed E-state index contributed by atoms with van der Waals surface area (Å²) >= 11 is 0. The summed E-state index contributed by atoms with van der Waals surface area (Å²) in [6, 6.07) is 9.58. The lowest BCUT2D eigenvalue weighted by atomic mass is 10.2. The van der Waals surface area contributed by atoms with Crippen molar-refractivity contribution >= 4 is 11.9 Å². The van der Waals surface area contributed by atoms with E-state index in [4.69, 9.17) is 0 Å². The minimum atomic E-state index is -0.772. The van der Waals surface area contributed by atoms with Gasteiger partial charge in [-0.25, -0.2) is 9.78 Å². The highest BCUT2D eigenvalue weighted by molar-refractivity contribution is 5.88. The number of aromatic nitrogens is 2. The van der Waals surface area contributed by atoms with Gasteiger partial charge in [-0.3, -0.25) is 14.2 Å². The molecule has 0 unspecified atom stereocenters.